The molecule has 1 aromatic heterocycles. The number of methoxy groups -OCH3 is 1. The fraction of sp³-hybridized carbons (Fsp3) is 0.222. The lowest BCUT2D eigenvalue weighted by Gasteiger charge is -2.08. The van der Waals surface area contributed by atoms with Crippen molar-refractivity contribution in [1.29, 1.82) is 0 Å². The molecule has 0 aliphatic heterocycles. The lowest BCUT2D eigenvalue weighted by Crippen LogP contribution is -2.13. The largest absolute Gasteiger partial charge is 0.497 e. The minimum atomic E-state index is -0.340. The predicted octanol–water partition coefficient (Wildman–Crippen LogP) is 2.78. The summed E-state index contributed by atoms with van der Waals surface area (Å²) in [4.78, 5) is 4.48. The summed E-state index contributed by atoms with van der Waals surface area (Å²) in [6.07, 6.45) is 0. The van der Waals surface area contributed by atoms with Crippen molar-refractivity contribution in [3.8, 4) is 5.75 Å². The Morgan fingerprint density at radius 1 is 1.21 bits per heavy atom. The summed E-state index contributed by atoms with van der Waals surface area (Å²) in [7, 11) is 1.65. The quantitative estimate of drug-likeness (QED) is 0.649. The highest BCUT2D eigenvalue weighted by Crippen LogP contribution is 2.18. The van der Waals surface area contributed by atoms with Gasteiger partial charge in [-0.15, -0.1) is 0 Å². The standard InChI is InChI=1S/C18H21N5O/c1-12-6-8-13(9-7-12)17(19)18-21-16(22-23-18)11-20-14-4-3-5-15(10-14)24-2/h3-10,17,20H,11,19H2,1-2H3,(H,21,22,23)/t17-/m0/s1. The molecule has 0 spiro atoms. The molecular weight excluding hydrogens is 302 g/mol. The van der Waals surface area contributed by atoms with Gasteiger partial charge < -0.3 is 15.8 Å². The van der Waals surface area contributed by atoms with Gasteiger partial charge in [-0.25, -0.2) is 4.98 Å². The number of nitrogens with one attached hydrogen (secondary N) is 2. The number of hydrogen-bond donors (Lipinski definition) is 3. The van der Waals surface area contributed by atoms with Gasteiger partial charge in [0, 0.05) is 11.8 Å². The fourth-order valence-electron chi connectivity index (χ4n) is 2.37. The number of rotatable bonds is 6. The Bertz CT molecular complexity index is 797. The molecule has 3 aromatic rings. The van der Waals surface area contributed by atoms with Gasteiger partial charge in [-0.05, 0) is 24.6 Å². The van der Waals surface area contributed by atoms with E-state index in [1.54, 1.807) is 7.11 Å². The number of ether oxygens (including phenoxy) is 1. The van der Waals surface area contributed by atoms with Crippen LogP contribution in [0.3, 0.4) is 0 Å². The number of hydrogen-bond acceptors (Lipinski definition) is 5. The first-order valence-electron chi connectivity index (χ1n) is 7.77. The summed E-state index contributed by atoms with van der Waals surface area (Å²) in [5.41, 5.74) is 9.39. The number of aryl methyl sites for hydroxylation is 1. The van der Waals surface area contributed by atoms with E-state index in [0.717, 1.165) is 22.8 Å². The van der Waals surface area contributed by atoms with E-state index in [1.165, 1.54) is 5.56 Å². The van der Waals surface area contributed by atoms with Gasteiger partial charge in [0.2, 0.25) is 0 Å². The second-order valence-electron chi connectivity index (χ2n) is 5.61. The molecule has 0 radical (unpaired) electrons. The number of aromatic nitrogens is 3. The average molecular weight is 323 g/mol. The molecule has 4 N–H and O–H groups in total. The Morgan fingerprint density at radius 3 is 2.75 bits per heavy atom. The lowest BCUT2D eigenvalue weighted by molar-refractivity contribution is 0.415. The SMILES string of the molecule is COc1cccc(NCc2nc([C@@H](N)c3ccc(C)cc3)n[nH]2)c1. The van der Waals surface area contributed by atoms with E-state index in [2.05, 4.69) is 20.5 Å². The third kappa shape index (κ3) is 3.72. The Hall–Kier alpha value is -2.86. The van der Waals surface area contributed by atoms with Crippen LogP contribution in [0.1, 0.15) is 28.8 Å². The first kappa shape index (κ1) is 16.0. The Labute approximate surface area is 141 Å². The molecule has 124 valence electrons. The summed E-state index contributed by atoms with van der Waals surface area (Å²) in [5, 5.41) is 10.4. The molecule has 1 atom stereocenters. The van der Waals surface area contributed by atoms with Gasteiger partial charge in [0.25, 0.3) is 0 Å². The van der Waals surface area contributed by atoms with E-state index in [0.29, 0.717) is 12.4 Å². The minimum absolute atomic E-state index is 0.340. The van der Waals surface area contributed by atoms with E-state index in [1.807, 2.05) is 55.5 Å². The smallest absolute Gasteiger partial charge is 0.171 e. The lowest BCUT2D eigenvalue weighted by atomic mass is 10.1. The molecule has 2 aromatic carbocycles. The van der Waals surface area contributed by atoms with Crippen molar-refractivity contribution in [2.24, 2.45) is 5.73 Å². The zero-order valence-corrected chi connectivity index (χ0v) is 13.8. The molecule has 6 heteroatoms. The molecule has 0 saturated heterocycles. The molecule has 6 nitrogen and oxygen atoms in total. The van der Waals surface area contributed by atoms with E-state index < -0.39 is 0 Å². The predicted molar refractivity (Wildman–Crippen MR) is 93.9 cm³/mol. The number of benzene rings is 2. The minimum Gasteiger partial charge on any atom is -0.497 e. The van der Waals surface area contributed by atoms with Crippen LogP contribution < -0.4 is 15.8 Å². The fourth-order valence-corrected chi connectivity index (χ4v) is 2.37. The Kier molecular flexibility index (Phi) is 4.77. The van der Waals surface area contributed by atoms with Crippen molar-refractivity contribution in [2.45, 2.75) is 19.5 Å². The molecule has 1 heterocycles. The van der Waals surface area contributed by atoms with E-state index in [4.69, 9.17) is 10.5 Å². The van der Waals surface area contributed by atoms with Crippen LogP contribution in [0.15, 0.2) is 48.5 Å². The molecular formula is C18H21N5O. The Balaban J connectivity index is 1.65. The highest BCUT2D eigenvalue weighted by Gasteiger charge is 2.14. The van der Waals surface area contributed by atoms with Crippen LogP contribution in [-0.4, -0.2) is 22.3 Å². The van der Waals surface area contributed by atoms with Crippen molar-refractivity contribution in [2.75, 3.05) is 12.4 Å². The van der Waals surface area contributed by atoms with Crippen LogP contribution in [-0.2, 0) is 6.54 Å². The zero-order valence-electron chi connectivity index (χ0n) is 13.8. The Morgan fingerprint density at radius 2 is 2.00 bits per heavy atom. The highest BCUT2D eigenvalue weighted by molar-refractivity contribution is 5.48. The molecule has 0 amide bonds. The number of anilines is 1. The average Bonchev–Trinajstić information content (AvgIpc) is 3.09. The van der Waals surface area contributed by atoms with Crippen molar-refractivity contribution >= 4 is 5.69 Å². The normalized spacial score (nSPS) is 12.0. The number of H-pyrrole nitrogens is 1. The maximum Gasteiger partial charge on any atom is 0.171 e. The summed E-state index contributed by atoms with van der Waals surface area (Å²) in [5.74, 6) is 2.12. The van der Waals surface area contributed by atoms with Crippen molar-refractivity contribution < 1.29 is 4.74 Å². The topological polar surface area (TPSA) is 88.8 Å². The van der Waals surface area contributed by atoms with Gasteiger partial charge in [0.1, 0.15) is 11.6 Å². The highest BCUT2D eigenvalue weighted by atomic mass is 16.5. The van der Waals surface area contributed by atoms with Gasteiger partial charge in [0.05, 0.1) is 19.7 Å². The molecule has 0 aliphatic carbocycles. The third-order valence-electron chi connectivity index (χ3n) is 3.79. The molecule has 0 bridgehead atoms. The first-order chi connectivity index (χ1) is 11.7. The summed E-state index contributed by atoms with van der Waals surface area (Å²) in [6, 6.07) is 15.5. The van der Waals surface area contributed by atoms with Crippen molar-refractivity contribution in [3.05, 3.63) is 71.3 Å². The van der Waals surface area contributed by atoms with Crippen LogP contribution in [0.4, 0.5) is 5.69 Å². The van der Waals surface area contributed by atoms with Gasteiger partial charge in [-0.2, -0.15) is 5.10 Å². The maximum absolute atomic E-state index is 6.24. The maximum atomic E-state index is 6.24. The summed E-state index contributed by atoms with van der Waals surface area (Å²) in [6.45, 7) is 2.57. The molecule has 3 rings (SSSR count). The van der Waals surface area contributed by atoms with Crippen LogP contribution in [0, 0.1) is 6.92 Å². The van der Waals surface area contributed by atoms with E-state index >= 15 is 0 Å². The van der Waals surface area contributed by atoms with Crippen molar-refractivity contribution in [1.82, 2.24) is 15.2 Å². The summed E-state index contributed by atoms with van der Waals surface area (Å²) >= 11 is 0. The van der Waals surface area contributed by atoms with Gasteiger partial charge >= 0.3 is 0 Å². The molecule has 0 unspecified atom stereocenters. The number of aromatic amines is 1. The van der Waals surface area contributed by atoms with E-state index in [-0.39, 0.29) is 6.04 Å². The van der Waals surface area contributed by atoms with Crippen LogP contribution in [0.5, 0.6) is 5.75 Å². The molecule has 0 aliphatic rings. The molecule has 0 saturated carbocycles. The second-order valence-corrected chi connectivity index (χ2v) is 5.61. The second kappa shape index (κ2) is 7.14. The monoisotopic (exact) mass is 323 g/mol. The summed E-state index contributed by atoms with van der Waals surface area (Å²) < 4.78 is 5.21. The van der Waals surface area contributed by atoms with Gasteiger partial charge in [-0.1, -0.05) is 35.9 Å². The zero-order chi connectivity index (χ0) is 16.9. The van der Waals surface area contributed by atoms with E-state index in [9.17, 15) is 0 Å². The first-order valence-corrected chi connectivity index (χ1v) is 7.77. The third-order valence-corrected chi connectivity index (χ3v) is 3.79. The van der Waals surface area contributed by atoms with Crippen LogP contribution in [0.2, 0.25) is 0 Å². The molecule has 24 heavy (non-hydrogen) atoms. The van der Waals surface area contributed by atoms with Crippen LogP contribution >= 0.6 is 0 Å². The number of nitrogens with zero attached hydrogens (tertiary/aromatic N) is 2. The van der Waals surface area contributed by atoms with Crippen molar-refractivity contribution in [3.63, 3.8) is 0 Å². The molecule has 0 fully saturated rings. The number of nitrogens with two attached hydrogens (primary N) is 1. The van der Waals surface area contributed by atoms with Gasteiger partial charge in [-0.3, -0.25) is 5.10 Å². The van der Waals surface area contributed by atoms with Gasteiger partial charge in [0.15, 0.2) is 5.82 Å². The van der Waals surface area contributed by atoms with Crippen LogP contribution in [0.25, 0.3) is 0 Å².